The second kappa shape index (κ2) is 4.59. The van der Waals surface area contributed by atoms with Gasteiger partial charge in [0.15, 0.2) is 11.0 Å². The maximum atomic E-state index is 5.90. The van der Waals surface area contributed by atoms with Crippen LogP contribution in [0.3, 0.4) is 0 Å². The molecule has 0 fully saturated rings. The molecule has 1 aromatic heterocycles. The zero-order valence-electron chi connectivity index (χ0n) is 8.22. The van der Waals surface area contributed by atoms with Crippen LogP contribution in [0.2, 0.25) is 5.15 Å². The molecule has 2 aromatic rings. The molecule has 0 radical (unpaired) electrons. The Morgan fingerprint density at radius 2 is 2.00 bits per heavy atom. The van der Waals surface area contributed by atoms with Crippen LogP contribution in [0, 0.1) is 0 Å². The molecule has 15 heavy (non-hydrogen) atoms. The molecule has 0 saturated heterocycles. The molecule has 0 amide bonds. The van der Waals surface area contributed by atoms with Gasteiger partial charge in [-0.2, -0.15) is 8.75 Å². The van der Waals surface area contributed by atoms with Crippen LogP contribution in [0.5, 0.6) is 0 Å². The zero-order chi connectivity index (χ0) is 10.7. The van der Waals surface area contributed by atoms with Gasteiger partial charge in [-0.25, -0.2) is 0 Å². The predicted molar refractivity (Wildman–Crippen MR) is 63.5 cm³/mol. The summed E-state index contributed by atoms with van der Waals surface area (Å²) in [6.45, 7) is 0.784. The van der Waals surface area contributed by atoms with E-state index in [1.54, 1.807) is 0 Å². The Morgan fingerprint density at radius 3 is 2.60 bits per heavy atom. The molecule has 1 heterocycles. The molecule has 0 unspecified atom stereocenters. The van der Waals surface area contributed by atoms with Gasteiger partial charge in [0.1, 0.15) is 0 Å². The van der Waals surface area contributed by atoms with Crippen molar-refractivity contribution in [2.24, 2.45) is 0 Å². The summed E-state index contributed by atoms with van der Waals surface area (Å²) in [5, 5.41) is 0.471. The van der Waals surface area contributed by atoms with E-state index >= 15 is 0 Å². The van der Waals surface area contributed by atoms with E-state index < -0.39 is 0 Å². The zero-order valence-corrected chi connectivity index (χ0v) is 9.79. The van der Waals surface area contributed by atoms with E-state index in [4.69, 9.17) is 11.6 Å². The van der Waals surface area contributed by atoms with E-state index in [1.165, 1.54) is 5.56 Å². The lowest BCUT2D eigenvalue weighted by Crippen LogP contribution is -2.16. The largest absolute Gasteiger partial charge is 0.352 e. The van der Waals surface area contributed by atoms with Crippen molar-refractivity contribution in [1.82, 2.24) is 8.75 Å². The Hall–Kier alpha value is -1.13. The van der Waals surface area contributed by atoms with Crippen LogP contribution in [0.25, 0.3) is 0 Å². The summed E-state index contributed by atoms with van der Waals surface area (Å²) in [4.78, 5) is 1.99. The molecule has 2 rings (SSSR count). The van der Waals surface area contributed by atoms with E-state index in [-0.39, 0.29) is 0 Å². The number of anilines is 1. The van der Waals surface area contributed by atoms with Crippen LogP contribution in [0.1, 0.15) is 5.56 Å². The number of nitrogens with zero attached hydrogens (tertiary/aromatic N) is 3. The lowest BCUT2D eigenvalue weighted by molar-refractivity contribution is 0.908. The number of hydrogen-bond acceptors (Lipinski definition) is 4. The summed E-state index contributed by atoms with van der Waals surface area (Å²) in [7, 11) is 1.95. The smallest absolute Gasteiger partial charge is 0.187 e. The number of halogens is 1. The van der Waals surface area contributed by atoms with Gasteiger partial charge >= 0.3 is 0 Å². The van der Waals surface area contributed by atoms with Gasteiger partial charge in [0.05, 0.1) is 11.7 Å². The van der Waals surface area contributed by atoms with Gasteiger partial charge in [0.25, 0.3) is 0 Å². The van der Waals surface area contributed by atoms with Gasteiger partial charge in [-0.15, -0.1) is 0 Å². The van der Waals surface area contributed by atoms with E-state index in [0.29, 0.717) is 5.15 Å². The van der Waals surface area contributed by atoms with Crippen molar-refractivity contribution in [2.45, 2.75) is 6.54 Å². The van der Waals surface area contributed by atoms with Crippen LogP contribution in [0.15, 0.2) is 30.3 Å². The molecule has 0 N–H and O–H groups in total. The topological polar surface area (TPSA) is 29.0 Å². The minimum atomic E-state index is 0.471. The first-order valence-corrected chi connectivity index (χ1v) is 5.61. The van der Waals surface area contributed by atoms with Crippen molar-refractivity contribution >= 4 is 29.1 Å². The van der Waals surface area contributed by atoms with Gasteiger partial charge in [0.2, 0.25) is 0 Å². The predicted octanol–water partition coefficient (Wildman–Crippen LogP) is 2.83. The van der Waals surface area contributed by atoms with Crippen LogP contribution >= 0.6 is 23.3 Å². The maximum absolute atomic E-state index is 5.90. The third-order valence-corrected chi connectivity index (χ3v) is 2.93. The summed E-state index contributed by atoms with van der Waals surface area (Å²) in [5.41, 5.74) is 1.23. The van der Waals surface area contributed by atoms with E-state index in [9.17, 15) is 0 Å². The van der Waals surface area contributed by atoms with Crippen molar-refractivity contribution in [3.8, 4) is 0 Å². The fraction of sp³-hybridized carbons (Fsp3) is 0.200. The van der Waals surface area contributed by atoms with E-state index in [2.05, 4.69) is 20.9 Å². The highest BCUT2D eigenvalue weighted by atomic mass is 35.5. The highest BCUT2D eigenvalue weighted by Crippen LogP contribution is 2.22. The highest BCUT2D eigenvalue weighted by Gasteiger charge is 2.10. The van der Waals surface area contributed by atoms with Crippen LogP contribution in [0.4, 0.5) is 5.82 Å². The van der Waals surface area contributed by atoms with Crippen molar-refractivity contribution < 1.29 is 0 Å². The Balaban J connectivity index is 2.11. The van der Waals surface area contributed by atoms with Crippen molar-refractivity contribution in [3.05, 3.63) is 41.0 Å². The second-order valence-corrected chi connectivity index (χ2v) is 4.11. The summed E-state index contributed by atoms with van der Waals surface area (Å²) in [6.07, 6.45) is 0. The maximum Gasteiger partial charge on any atom is 0.187 e. The molecule has 0 atom stereocenters. The minimum absolute atomic E-state index is 0.471. The standard InChI is InChI=1S/C10H10ClN3S/c1-14(10-9(11)12-15-13-10)7-8-5-3-2-4-6-8/h2-6H,7H2,1H3. The first-order chi connectivity index (χ1) is 7.27. The van der Waals surface area contributed by atoms with Gasteiger partial charge in [-0.05, 0) is 5.56 Å². The Morgan fingerprint density at radius 1 is 1.27 bits per heavy atom. The second-order valence-electron chi connectivity index (χ2n) is 3.22. The average Bonchev–Trinajstić information content (AvgIpc) is 2.66. The third kappa shape index (κ3) is 2.46. The molecule has 0 spiro atoms. The molecule has 0 bridgehead atoms. The molecular formula is C10H10ClN3S. The number of aromatic nitrogens is 2. The lowest BCUT2D eigenvalue weighted by atomic mass is 10.2. The molecule has 0 aliphatic carbocycles. The van der Waals surface area contributed by atoms with Gasteiger partial charge < -0.3 is 4.90 Å². The van der Waals surface area contributed by atoms with E-state index in [0.717, 1.165) is 24.1 Å². The van der Waals surface area contributed by atoms with Crippen molar-refractivity contribution in [1.29, 1.82) is 0 Å². The number of rotatable bonds is 3. The fourth-order valence-electron chi connectivity index (χ4n) is 1.33. The normalized spacial score (nSPS) is 10.3. The SMILES string of the molecule is CN(Cc1ccccc1)c1nsnc1Cl. The number of benzene rings is 1. The average molecular weight is 240 g/mol. The van der Waals surface area contributed by atoms with Gasteiger partial charge in [-0.3, -0.25) is 0 Å². The fourth-order valence-corrected chi connectivity index (χ4v) is 2.16. The van der Waals surface area contributed by atoms with Gasteiger partial charge in [0, 0.05) is 13.6 Å². The molecule has 5 heteroatoms. The summed E-state index contributed by atoms with van der Waals surface area (Å²) < 4.78 is 8.07. The molecule has 0 aliphatic heterocycles. The van der Waals surface area contributed by atoms with Crippen LogP contribution in [-0.4, -0.2) is 15.8 Å². The monoisotopic (exact) mass is 239 g/mol. The molecule has 3 nitrogen and oxygen atoms in total. The summed E-state index contributed by atoms with van der Waals surface area (Å²) in [6, 6.07) is 10.2. The highest BCUT2D eigenvalue weighted by molar-refractivity contribution is 6.99. The Labute approximate surface area is 97.6 Å². The summed E-state index contributed by atoms with van der Waals surface area (Å²) >= 11 is 7.03. The first-order valence-electron chi connectivity index (χ1n) is 4.50. The molecule has 0 saturated carbocycles. The van der Waals surface area contributed by atoms with E-state index in [1.807, 2.05) is 30.1 Å². The summed E-state index contributed by atoms with van der Waals surface area (Å²) in [5.74, 6) is 0.741. The van der Waals surface area contributed by atoms with Crippen LogP contribution in [-0.2, 0) is 6.54 Å². The lowest BCUT2D eigenvalue weighted by Gasteiger charge is -2.15. The Kier molecular flexibility index (Phi) is 3.18. The minimum Gasteiger partial charge on any atom is -0.352 e. The van der Waals surface area contributed by atoms with Crippen molar-refractivity contribution in [2.75, 3.05) is 11.9 Å². The molecular weight excluding hydrogens is 230 g/mol. The Bertz CT molecular complexity index is 429. The number of hydrogen-bond donors (Lipinski definition) is 0. The molecule has 0 aliphatic rings. The molecule has 78 valence electrons. The van der Waals surface area contributed by atoms with Crippen LogP contribution < -0.4 is 4.90 Å². The molecule has 1 aromatic carbocycles. The van der Waals surface area contributed by atoms with Gasteiger partial charge in [-0.1, -0.05) is 41.9 Å². The quantitative estimate of drug-likeness (QED) is 0.825. The first kappa shape index (κ1) is 10.4. The van der Waals surface area contributed by atoms with Crippen molar-refractivity contribution in [3.63, 3.8) is 0 Å². The third-order valence-electron chi connectivity index (χ3n) is 2.06.